The van der Waals surface area contributed by atoms with Gasteiger partial charge in [-0.2, -0.15) is 0 Å². The van der Waals surface area contributed by atoms with Crippen LogP contribution in [0.1, 0.15) is 36.5 Å². The van der Waals surface area contributed by atoms with Gasteiger partial charge in [0.15, 0.2) is 0 Å². The molecule has 0 radical (unpaired) electrons. The van der Waals surface area contributed by atoms with Crippen molar-refractivity contribution in [3.63, 3.8) is 0 Å². The maximum Gasteiger partial charge on any atom is 0.109 e. The Morgan fingerprint density at radius 1 is 1.61 bits per heavy atom. The Bertz CT molecular complexity index is 375. The number of likely N-dealkylation sites (tertiary alicyclic amines) is 1. The molecule has 1 aliphatic rings. The van der Waals surface area contributed by atoms with Gasteiger partial charge >= 0.3 is 0 Å². The highest BCUT2D eigenvalue weighted by molar-refractivity contribution is 7.09. The minimum Gasteiger partial charge on any atom is -0.322 e. The zero-order valence-corrected chi connectivity index (χ0v) is 12.4. The lowest BCUT2D eigenvalue weighted by Gasteiger charge is -2.35. The number of hydrogen-bond donors (Lipinski definition) is 1. The van der Waals surface area contributed by atoms with Gasteiger partial charge in [-0.1, -0.05) is 0 Å². The van der Waals surface area contributed by atoms with Crippen LogP contribution in [0.15, 0.2) is 5.38 Å². The normalized spacial score (nSPS) is 23.5. The number of hydrogen-bond acceptors (Lipinski definition) is 5. The maximum atomic E-state index is 5.85. The third-order valence-electron chi connectivity index (χ3n) is 3.56. The molecule has 2 heterocycles. The van der Waals surface area contributed by atoms with Crippen molar-refractivity contribution in [2.75, 3.05) is 27.2 Å². The van der Waals surface area contributed by atoms with Gasteiger partial charge in [-0.25, -0.2) is 4.98 Å². The molecule has 4 nitrogen and oxygen atoms in total. The first-order valence-corrected chi connectivity index (χ1v) is 7.53. The summed E-state index contributed by atoms with van der Waals surface area (Å²) in [7, 11) is 4.34. The van der Waals surface area contributed by atoms with Gasteiger partial charge in [0.05, 0.1) is 11.7 Å². The quantitative estimate of drug-likeness (QED) is 0.902. The molecule has 1 aromatic heterocycles. The summed E-state index contributed by atoms with van der Waals surface area (Å²) in [6.45, 7) is 5.30. The van der Waals surface area contributed by atoms with Crippen molar-refractivity contribution in [3.05, 3.63) is 16.1 Å². The molecule has 2 unspecified atom stereocenters. The second-order valence-electron chi connectivity index (χ2n) is 5.46. The number of piperidine rings is 1. The van der Waals surface area contributed by atoms with Crippen molar-refractivity contribution >= 4 is 11.3 Å². The predicted molar refractivity (Wildman–Crippen MR) is 76.7 cm³/mol. The Kier molecular flexibility index (Phi) is 4.72. The molecule has 0 bridgehead atoms. The van der Waals surface area contributed by atoms with Gasteiger partial charge in [0.2, 0.25) is 0 Å². The lowest BCUT2D eigenvalue weighted by Crippen LogP contribution is -2.44. The summed E-state index contributed by atoms with van der Waals surface area (Å²) in [4.78, 5) is 9.45. The number of thiazole rings is 1. The van der Waals surface area contributed by atoms with E-state index in [4.69, 9.17) is 5.73 Å². The van der Waals surface area contributed by atoms with Crippen molar-refractivity contribution in [1.29, 1.82) is 0 Å². The first kappa shape index (κ1) is 13.9. The van der Waals surface area contributed by atoms with Gasteiger partial charge in [0.25, 0.3) is 0 Å². The predicted octanol–water partition coefficient (Wildman–Crippen LogP) is 1.69. The Morgan fingerprint density at radius 3 is 3.00 bits per heavy atom. The van der Waals surface area contributed by atoms with Crippen molar-refractivity contribution in [2.45, 2.75) is 38.4 Å². The molecular weight excluding hydrogens is 244 g/mol. The monoisotopic (exact) mass is 268 g/mol. The summed E-state index contributed by atoms with van der Waals surface area (Å²) in [5, 5.41) is 3.20. The molecule has 2 atom stereocenters. The molecule has 5 heteroatoms. The van der Waals surface area contributed by atoms with Gasteiger partial charge < -0.3 is 10.6 Å². The van der Waals surface area contributed by atoms with Gasteiger partial charge in [0, 0.05) is 24.5 Å². The Balaban J connectivity index is 1.92. The van der Waals surface area contributed by atoms with Gasteiger partial charge in [-0.3, -0.25) is 4.90 Å². The van der Waals surface area contributed by atoms with E-state index in [2.05, 4.69) is 34.3 Å². The fourth-order valence-corrected chi connectivity index (χ4v) is 3.20. The van der Waals surface area contributed by atoms with Crippen LogP contribution >= 0.6 is 11.3 Å². The number of rotatable bonds is 4. The zero-order chi connectivity index (χ0) is 13.1. The van der Waals surface area contributed by atoms with E-state index >= 15 is 0 Å². The summed E-state index contributed by atoms with van der Waals surface area (Å²) in [6.07, 6.45) is 2.60. The van der Waals surface area contributed by atoms with Crippen molar-refractivity contribution in [3.8, 4) is 0 Å². The van der Waals surface area contributed by atoms with E-state index in [9.17, 15) is 0 Å². The molecule has 1 aromatic rings. The Morgan fingerprint density at radius 2 is 2.39 bits per heavy atom. The van der Waals surface area contributed by atoms with Crippen LogP contribution in [0.4, 0.5) is 0 Å². The lowest BCUT2D eigenvalue weighted by molar-refractivity contribution is 0.127. The molecule has 102 valence electrons. The molecule has 0 amide bonds. The fraction of sp³-hybridized carbons (Fsp3) is 0.769. The average molecular weight is 268 g/mol. The van der Waals surface area contributed by atoms with E-state index in [0.717, 1.165) is 18.1 Å². The fourth-order valence-electron chi connectivity index (χ4n) is 2.43. The molecule has 2 N–H and O–H groups in total. The largest absolute Gasteiger partial charge is 0.322 e. The van der Waals surface area contributed by atoms with E-state index in [-0.39, 0.29) is 6.04 Å². The second kappa shape index (κ2) is 6.10. The van der Waals surface area contributed by atoms with E-state index in [1.54, 1.807) is 11.3 Å². The summed E-state index contributed by atoms with van der Waals surface area (Å²) in [6, 6.07) is 0.741. The summed E-state index contributed by atoms with van der Waals surface area (Å²) in [5.41, 5.74) is 7.02. The maximum absolute atomic E-state index is 5.85. The van der Waals surface area contributed by atoms with Gasteiger partial charge in [-0.05, 0) is 40.4 Å². The van der Waals surface area contributed by atoms with E-state index < -0.39 is 0 Å². The number of likely N-dealkylation sites (N-methyl/N-ethyl adjacent to an activating group) is 1. The highest BCUT2D eigenvalue weighted by Crippen LogP contribution is 2.20. The van der Waals surface area contributed by atoms with Crippen LogP contribution in [0.3, 0.4) is 0 Å². The third kappa shape index (κ3) is 3.51. The van der Waals surface area contributed by atoms with E-state index in [1.807, 2.05) is 6.92 Å². The van der Waals surface area contributed by atoms with Crippen LogP contribution < -0.4 is 5.73 Å². The minimum atomic E-state index is 0.0552. The zero-order valence-electron chi connectivity index (χ0n) is 11.6. The smallest absolute Gasteiger partial charge is 0.109 e. The molecule has 2 rings (SSSR count). The van der Waals surface area contributed by atoms with Crippen molar-refractivity contribution in [1.82, 2.24) is 14.8 Å². The summed E-state index contributed by atoms with van der Waals surface area (Å²) < 4.78 is 0. The van der Waals surface area contributed by atoms with Crippen molar-refractivity contribution < 1.29 is 0 Å². The first-order chi connectivity index (χ1) is 8.56. The molecule has 18 heavy (non-hydrogen) atoms. The highest BCUT2D eigenvalue weighted by atomic mass is 32.1. The molecule has 1 aliphatic heterocycles. The summed E-state index contributed by atoms with van der Waals surface area (Å²) >= 11 is 1.68. The number of aromatic nitrogens is 1. The van der Waals surface area contributed by atoms with Crippen LogP contribution in [0.2, 0.25) is 0 Å². The Hall–Kier alpha value is -0.490. The Labute approximate surface area is 114 Å². The topological polar surface area (TPSA) is 45.4 Å². The van der Waals surface area contributed by atoms with Crippen molar-refractivity contribution in [2.24, 2.45) is 5.73 Å². The standard InChI is InChI=1S/C13H24N4S/c1-10(14)13-15-11(9-18-13)7-17-6-4-5-12(8-17)16(2)3/h9-10,12H,4-8,14H2,1-3H3. The van der Waals surface area contributed by atoms with Crippen LogP contribution in [0.25, 0.3) is 0 Å². The summed E-state index contributed by atoms with van der Waals surface area (Å²) in [5.74, 6) is 0. The van der Waals surface area contributed by atoms with E-state index in [1.165, 1.54) is 25.1 Å². The third-order valence-corrected chi connectivity index (χ3v) is 4.65. The van der Waals surface area contributed by atoms with Gasteiger partial charge in [-0.15, -0.1) is 11.3 Å². The molecular formula is C13H24N4S. The number of nitrogens with zero attached hydrogens (tertiary/aromatic N) is 3. The van der Waals surface area contributed by atoms with Crippen LogP contribution in [-0.4, -0.2) is 48.0 Å². The number of nitrogens with two attached hydrogens (primary N) is 1. The SMILES string of the molecule is CC(N)c1nc(CN2CCCC(N(C)C)C2)cs1. The first-order valence-electron chi connectivity index (χ1n) is 6.65. The van der Waals surface area contributed by atoms with Crippen LogP contribution in [0.5, 0.6) is 0 Å². The highest BCUT2D eigenvalue weighted by Gasteiger charge is 2.21. The second-order valence-corrected chi connectivity index (χ2v) is 6.35. The average Bonchev–Trinajstić information content (AvgIpc) is 2.78. The van der Waals surface area contributed by atoms with Crippen LogP contribution in [-0.2, 0) is 6.54 Å². The van der Waals surface area contributed by atoms with E-state index in [0.29, 0.717) is 6.04 Å². The minimum absolute atomic E-state index is 0.0552. The molecule has 1 fully saturated rings. The molecule has 0 spiro atoms. The molecule has 0 aromatic carbocycles. The van der Waals surface area contributed by atoms with Gasteiger partial charge in [0.1, 0.15) is 5.01 Å². The molecule has 1 saturated heterocycles. The molecule has 0 saturated carbocycles. The molecule has 0 aliphatic carbocycles. The van der Waals surface area contributed by atoms with Crippen LogP contribution in [0, 0.1) is 0 Å². The lowest BCUT2D eigenvalue weighted by atomic mass is 10.0.